The van der Waals surface area contributed by atoms with Crippen LogP contribution in [0, 0.1) is 17.6 Å². The molecule has 6 nitrogen and oxygen atoms in total. The number of benzene rings is 2. The summed E-state index contributed by atoms with van der Waals surface area (Å²) in [5.74, 6) is -4.46. The summed E-state index contributed by atoms with van der Waals surface area (Å²) in [6, 6.07) is 6.84. The molecule has 2 aromatic carbocycles. The van der Waals surface area contributed by atoms with Crippen molar-refractivity contribution in [1.29, 1.82) is 0 Å². The lowest BCUT2D eigenvalue weighted by molar-refractivity contribution is -0.0732. The van der Waals surface area contributed by atoms with Crippen LogP contribution in [0.5, 0.6) is 5.75 Å². The highest BCUT2D eigenvalue weighted by Gasteiger charge is 2.61. The highest BCUT2D eigenvalue weighted by Crippen LogP contribution is 2.55. The predicted molar refractivity (Wildman–Crippen MR) is 114 cm³/mol. The van der Waals surface area contributed by atoms with Gasteiger partial charge < -0.3 is 9.47 Å². The summed E-state index contributed by atoms with van der Waals surface area (Å²) in [5.41, 5.74) is -0.490. The van der Waals surface area contributed by atoms with Crippen molar-refractivity contribution in [3.63, 3.8) is 0 Å². The molecule has 0 saturated carbocycles. The summed E-state index contributed by atoms with van der Waals surface area (Å²) >= 11 is 5.91. The van der Waals surface area contributed by atoms with Crippen molar-refractivity contribution < 1.29 is 39.2 Å². The van der Waals surface area contributed by atoms with Crippen LogP contribution in [0.15, 0.2) is 41.3 Å². The van der Waals surface area contributed by atoms with Crippen LogP contribution < -0.4 is 4.74 Å². The minimum atomic E-state index is -4.54. The van der Waals surface area contributed by atoms with Gasteiger partial charge in [0.2, 0.25) is 0 Å². The molecule has 0 unspecified atom stereocenters. The van der Waals surface area contributed by atoms with E-state index in [2.05, 4.69) is 0 Å². The Kier molecular flexibility index (Phi) is 5.07. The number of halogens is 3. The number of sulfone groups is 2. The Balaban J connectivity index is 1.88. The van der Waals surface area contributed by atoms with Gasteiger partial charge in [-0.05, 0) is 49.2 Å². The van der Waals surface area contributed by atoms with Crippen LogP contribution in [-0.2, 0) is 29.2 Å². The molecule has 2 aromatic rings. The van der Waals surface area contributed by atoms with Gasteiger partial charge >= 0.3 is 0 Å². The average molecular weight is 510 g/mol. The van der Waals surface area contributed by atoms with Crippen molar-refractivity contribution in [2.24, 2.45) is 5.92 Å². The average Bonchev–Trinajstić information content (AvgIpc) is 2.79. The molecule has 11 heteroatoms. The van der Waals surface area contributed by atoms with Gasteiger partial charge in [-0.25, -0.2) is 25.6 Å². The third-order valence-corrected chi connectivity index (χ3v) is 9.60. The first-order valence-corrected chi connectivity index (χ1v) is 13.2. The summed E-state index contributed by atoms with van der Waals surface area (Å²) in [6.45, 7) is -0.643. The van der Waals surface area contributed by atoms with E-state index in [4.69, 9.17) is 25.2 Å². The predicted octanol–water partition coefficient (Wildman–Crippen LogP) is 3.52. The lowest BCUT2D eigenvalue weighted by Crippen LogP contribution is -2.57. The quantitative estimate of drug-likeness (QED) is 0.613. The summed E-state index contributed by atoms with van der Waals surface area (Å²) in [4.78, 5) is -0.195. The van der Waals surface area contributed by atoms with Crippen molar-refractivity contribution in [3.05, 3.63) is 58.6 Å². The number of rotatable bonds is 5. The molecule has 0 aliphatic carbocycles. The summed E-state index contributed by atoms with van der Waals surface area (Å²) in [6.07, 6.45) is -5.03. The Morgan fingerprint density at radius 3 is 2.50 bits per heavy atom. The van der Waals surface area contributed by atoms with Gasteiger partial charge in [-0.2, -0.15) is 0 Å². The fraction of sp³-hybridized carbons (Fsp3) is 0.429. The zero-order valence-electron chi connectivity index (χ0n) is 19.6. The molecule has 2 aliphatic heterocycles. The lowest BCUT2D eigenvalue weighted by Gasteiger charge is -2.50. The third-order valence-electron chi connectivity index (χ3n) is 6.02. The molecule has 0 radical (unpaired) electrons. The molecule has 0 bridgehead atoms. The van der Waals surface area contributed by atoms with Crippen LogP contribution in [0.2, 0.25) is 5.02 Å². The van der Waals surface area contributed by atoms with Crippen LogP contribution in [0.4, 0.5) is 8.78 Å². The molecule has 0 N–H and O–H groups in total. The maximum absolute atomic E-state index is 15.3. The van der Waals surface area contributed by atoms with Gasteiger partial charge in [0, 0.05) is 27.8 Å². The third kappa shape index (κ3) is 3.81. The molecular weight excluding hydrogens is 486 g/mol. The minimum absolute atomic E-state index is 0.195. The van der Waals surface area contributed by atoms with E-state index in [1.54, 1.807) is 0 Å². The molecule has 1 fully saturated rings. The van der Waals surface area contributed by atoms with E-state index in [1.807, 2.05) is 0 Å². The van der Waals surface area contributed by atoms with E-state index in [9.17, 15) is 21.2 Å². The second-order valence-corrected chi connectivity index (χ2v) is 12.0. The lowest BCUT2D eigenvalue weighted by atomic mass is 9.75. The molecular formula is C21H21ClF2O6S2. The van der Waals surface area contributed by atoms with Crippen LogP contribution in [0.3, 0.4) is 0 Å². The van der Waals surface area contributed by atoms with Gasteiger partial charge in [-0.3, -0.25) is 0 Å². The van der Waals surface area contributed by atoms with Crippen LogP contribution >= 0.6 is 11.6 Å². The standard InChI is InChI=1S/C21H21ClF2O6S2/c1-31(25,26)11-8-18-15-12-30-20-17(24)7-6-16(23)19(20)21(15,9-10-29-18)32(27,28)14-4-2-13(22)3-5-14/h2-7,15,18H,8-12H2,1H3/t15-,18-,21-/m0/s1/i1D3. The Morgan fingerprint density at radius 2 is 1.81 bits per heavy atom. The minimum Gasteiger partial charge on any atom is -0.490 e. The van der Waals surface area contributed by atoms with Crippen LogP contribution in [0.1, 0.15) is 22.5 Å². The van der Waals surface area contributed by atoms with E-state index in [0.29, 0.717) is 0 Å². The highest BCUT2D eigenvalue weighted by molar-refractivity contribution is 7.92. The van der Waals surface area contributed by atoms with Gasteiger partial charge in [0.05, 0.1) is 28.9 Å². The molecule has 174 valence electrons. The topological polar surface area (TPSA) is 86.7 Å². The Labute approximate surface area is 194 Å². The fourth-order valence-electron chi connectivity index (χ4n) is 4.61. The second kappa shape index (κ2) is 8.23. The van der Waals surface area contributed by atoms with E-state index in [0.717, 1.165) is 12.1 Å². The van der Waals surface area contributed by atoms with Gasteiger partial charge in [0.15, 0.2) is 21.4 Å². The van der Waals surface area contributed by atoms with Crippen molar-refractivity contribution >= 4 is 31.3 Å². The maximum atomic E-state index is 15.3. The summed E-state index contributed by atoms with van der Waals surface area (Å²) in [7, 11) is -9.00. The number of hydrogen-bond donors (Lipinski definition) is 0. The van der Waals surface area contributed by atoms with E-state index in [-0.39, 0.29) is 29.4 Å². The molecule has 32 heavy (non-hydrogen) atoms. The molecule has 2 aliphatic rings. The molecule has 2 heterocycles. The maximum Gasteiger partial charge on any atom is 0.189 e. The first-order valence-electron chi connectivity index (χ1n) is 11.2. The van der Waals surface area contributed by atoms with Gasteiger partial charge in [0.25, 0.3) is 0 Å². The van der Waals surface area contributed by atoms with E-state index in [1.165, 1.54) is 24.3 Å². The van der Waals surface area contributed by atoms with Crippen molar-refractivity contribution in [2.75, 3.05) is 25.2 Å². The SMILES string of the molecule is [2H]C([2H])([2H])S(=O)(=O)CC[C@@H]1OCC[C@@]2(S(=O)(=O)c3ccc(Cl)cc3)c3c(F)ccc(F)c3OC[C@@H]12. The molecule has 1 saturated heterocycles. The summed E-state index contributed by atoms with van der Waals surface area (Å²) in [5, 5.41) is 0.266. The van der Waals surface area contributed by atoms with Gasteiger partial charge in [0.1, 0.15) is 20.4 Å². The Hall–Kier alpha value is -1.75. The molecule has 0 amide bonds. The fourth-order valence-corrected chi connectivity index (χ4v) is 7.62. The van der Waals surface area contributed by atoms with Crippen LogP contribution in [-0.4, -0.2) is 48.1 Å². The molecule has 3 atom stereocenters. The van der Waals surface area contributed by atoms with Gasteiger partial charge in [-0.1, -0.05) is 11.6 Å². The largest absolute Gasteiger partial charge is 0.490 e. The zero-order valence-corrected chi connectivity index (χ0v) is 18.9. The molecule has 4 rings (SSSR count). The van der Waals surface area contributed by atoms with Crippen molar-refractivity contribution in [2.45, 2.75) is 28.6 Å². The molecule has 0 spiro atoms. The number of ether oxygens (including phenoxy) is 2. The number of hydrogen-bond acceptors (Lipinski definition) is 6. The van der Waals surface area contributed by atoms with E-state index < -0.39 is 77.9 Å². The smallest absolute Gasteiger partial charge is 0.189 e. The van der Waals surface area contributed by atoms with Gasteiger partial charge in [-0.15, -0.1) is 0 Å². The van der Waals surface area contributed by atoms with Crippen molar-refractivity contribution in [3.8, 4) is 5.75 Å². The second-order valence-electron chi connectivity index (χ2n) is 7.76. The summed E-state index contributed by atoms with van der Waals surface area (Å²) < 4.78 is 113. The first-order chi connectivity index (χ1) is 16.2. The normalized spacial score (nSPS) is 27.3. The highest BCUT2D eigenvalue weighted by atomic mass is 35.5. The monoisotopic (exact) mass is 509 g/mol. The Morgan fingerprint density at radius 1 is 1.12 bits per heavy atom. The molecule has 0 aromatic heterocycles. The Bertz CT molecular complexity index is 1350. The first kappa shape index (κ1) is 19.7. The van der Waals surface area contributed by atoms with E-state index >= 15 is 4.39 Å². The van der Waals surface area contributed by atoms with Crippen LogP contribution in [0.25, 0.3) is 0 Å². The zero-order chi connectivity index (χ0) is 25.8. The number of fused-ring (bicyclic) bond motifs is 3. The van der Waals surface area contributed by atoms with Crippen molar-refractivity contribution in [1.82, 2.24) is 0 Å².